The summed E-state index contributed by atoms with van der Waals surface area (Å²) in [5.74, 6) is 2.79. The number of nitrogens with zero attached hydrogens (tertiary/aromatic N) is 3. The molecule has 0 bridgehead atoms. The predicted octanol–water partition coefficient (Wildman–Crippen LogP) is 1.67. The lowest BCUT2D eigenvalue weighted by molar-refractivity contribution is 0.0849. The van der Waals surface area contributed by atoms with Crippen LogP contribution < -0.4 is 20.1 Å². The molecular weight excluding hydrogens is 320 g/mol. The molecule has 2 aliphatic heterocycles. The molecule has 7 nitrogen and oxygen atoms in total. The fourth-order valence-corrected chi connectivity index (χ4v) is 3.10. The summed E-state index contributed by atoms with van der Waals surface area (Å²) in [6.45, 7) is 3.63. The fourth-order valence-electron chi connectivity index (χ4n) is 3.10. The van der Waals surface area contributed by atoms with E-state index in [-0.39, 0.29) is 6.10 Å². The minimum absolute atomic E-state index is 0.0120. The molecule has 1 saturated heterocycles. The van der Waals surface area contributed by atoms with Gasteiger partial charge in [-0.2, -0.15) is 4.98 Å². The summed E-state index contributed by atoms with van der Waals surface area (Å²) in [6.07, 6.45) is 1.59. The first-order valence-electron chi connectivity index (χ1n) is 8.62. The van der Waals surface area contributed by atoms with Gasteiger partial charge in [0.25, 0.3) is 0 Å². The molecule has 2 N–H and O–H groups in total. The monoisotopic (exact) mass is 342 g/mol. The lowest BCUT2D eigenvalue weighted by atomic mass is 10.1. The van der Waals surface area contributed by atoms with Crippen molar-refractivity contribution in [3.05, 3.63) is 36.0 Å². The largest absolute Gasteiger partial charge is 0.486 e. The van der Waals surface area contributed by atoms with E-state index in [0.717, 1.165) is 48.9 Å². The van der Waals surface area contributed by atoms with E-state index < -0.39 is 0 Å². The van der Waals surface area contributed by atoms with E-state index >= 15 is 0 Å². The van der Waals surface area contributed by atoms with Crippen LogP contribution in [-0.4, -0.2) is 49.0 Å². The summed E-state index contributed by atoms with van der Waals surface area (Å²) in [5, 5.41) is 0. The Bertz CT molecular complexity index is 734. The highest BCUT2D eigenvalue weighted by Crippen LogP contribution is 2.31. The minimum atomic E-state index is 0.0120. The van der Waals surface area contributed by atoms with Crippen molar-refractivity contribution in [3.63, 3.8) is 0 Å². The van der Waals surface area contributed by atoms with Crippen molar-refractivity contribution in [1.29, 1.82) is 0 Å². The smallest absolute Gasteiger partial charge is 0.222 e. The van der Waals surface area contributed by atoms with Gasteiger partial charge >= 0.3 is 0 Å². The molecule has 132 valence electrons. The Kier molecular flexibility index (Phi) is 4.56. The van der Waals surface area contributed by atoms with Crippen LogP contribution in [0.25, 0.3) is 0 Å². The molecule has 0 radical (unpaired) electrons. The fraction of sp³-hybridized carbons (Fsp3) is 0.444. The molecule has 25 heavy (non-hydrogen) atoms. The van der Waals surface area contributed by atoms with Crippen molar-refractivity contribution in [2.24, 2.45) is 0 Å². The SMILES string of the molecule is Nc1nc(CCC2COc3ccccc3O2)cc(N2CCOCC2)n1. The highest BCUT2D eigenvalue weighted by Gasteiger charge is 2.21. The molecule has 7 heteroatoms. The van der Waals surface area contributed by atoms with Crippen molar-refractivity contribution >= 4 is 11.8 Å². The number of nitrogens with two attached hydrogens (primary N) is 1. The van der Waals surface area contributed by atoms with Crippen molar-refractivity contribution < 1.29 is 14.2 Å². The molecule has 3 heterocycles. The van der Waals surface area contributed by atoms with Gasteiger partial charge in [-0.1, -0.05) is 12.1 Å². The Hall–Kier alpha value is -2.54. The summed E-state index contributed by atoms with van der Waals surface area (Å²) < 4.78 is 17.2. The van der Waals surface area contributed by atoms with Crippen molar-refractivity contribution in [1.82, 2.24) is 9.97 Å². The van der Waals surface area contributed by atoms with Gasteiger partial charge < -0.3 is 24.8 Å². The number of rotatable bonds is 4. The van der Waals surface area contributed by atoms with Crippen molar-refractivity contribution in [3.8, 4) is 11.5 Å². The Morgan fingerprint density at radius 1 is 1.12 bits per heavy atom. The lowest BCUT2D eigenvalue weighted by Crippen LogP contribution is -2.37. The molecule has 1 aromatic heterocycles. The van der Waals surface area contributed by atoms with Gasteiger partial charge in [0.1, 0.15) is 18.5 Å². The molecule has 1 fully saturated rings. The van der Waals surface area contributed by atoms with Crippen LogP contribution in [0.15, 0.2) is 30.3 Å². The molecule has 0 aliphatic carbocycles. The van der Waals surface area contributed by atoms with Crippen molar-refractivity contribution in [2.75, 3.05) is 43.5 Å². The minimum Gasteiger partial charge on any atom is -0.486 e. The molecule has 0 spiro atoms. The average Bonchev–Trinajstić information content (AvgIpc) is 2.66. The third-order valence-corrected chi connectivity index (χ3v) is 4.41. The number of anilines is 2. The third-order valence-electron chi connectivity index (χ3n) is 4.41. The van der Waals surface area contributed by atoms with E-state index in [1.54, 1.807) is 0 Å². The maximum Gasteiger partial charge on any atom is 0.222 e. The highest BCUT2D eigenvalue weighted by atomic mass is 16.6. The number of morpholine rings is 1. The summed E-state index contributed by atoms with van der Waals surface area (Å²) in [7, 11) is 0. The Labute approximate surface area is 146 Å². The molecule has 1 atom stereocenters. The zero-order valence-corrected chi connectivity index (χ0v) is 14.1. The number of hydrogen-bond acceptors (Lipinski definition) is 7. The highest BCUT2D eigenvalue weighted by molar-refractivity contribution is 5.44. The van der Waals surface area contributed by atoms with Gasteiger partial charge in [-0.25, -0.2) is 4.98 Å². The Morgan fingerprint density at radius 3 is 2.76 bits per heavy atom. The number of fused-ring (bicyclic) bond motifs is 1. The standard InChI is InChI=1S/C18H22N4O3/c19-18-20-13(11-17(21-18)22-7-9-23-10-8-22)5-6-14-12-24-15-3-1-2-4-16(15)25-14/h1-4,11,14H,5-10,12H2,(H2,19,20,21). The Morgan fingerprint density at radius 2 is 1.92 bits per heavy atom. The van der Waals surface area contributed by atoms with Crippen LogP contribution in [0.4, 0.5) is 11.8 Å². The van der Waals surface area contributed by atoms with Gasteiger partial charge in [0.15, 0.2) is 11.5 Å². The van der Waals surface area contributed by atoms with Crippen LogP contribution in [0, 0.1) is 0 Å². The first kappa shape index (κ1) is 16.0. The number of benzene rings is 1. The van der Waals surface area contributed by atoms with Gasteiger partial charge in [0, 0.05) is 24.8 Å². The summed E-state index contributed by atoms with van der Waals surface area (Å²) >= 11 is 0. The number of aromatic nitrogens is 2. The van der Waals surface area contributed by atoms with Crippen LogP contribution in [0.2, 0.25) is 0 Å². The Balaban J connectivity index is 1.40. The topological polar surface area (TPSA) is 82.7 Å². The maximum absolute atomic E-state index is 6.00. The zero-order chi connectivity index (χ0) is 17.1. The van der Waals surface area contributed by atoms with Crippen molar-refractivity contribution in [2.45, 2.75) is 18.9 Å². The number of ether oxygens (including phenoxy) is 3. The number of aryl methyl sites for hydroxylation is 1. The van der Waals surface area contributed by atoms with E-state index in [0.29, 0.717) is 25.8 Å². The molecule has 1 unspecified atom stereocenters. The molecule has 1 aromatic carbocycles. The molecule has 0 saturated carbocycles. The van der Waals surface area contributed by atoms with Gasteiger partial charge in [0.05, 0.1) is 13.2 Å². The van der Waals surface area contributed by atoms with Gasteiger partial charge in [0.2, 0.25) is 5.95 Å². The molecule has 2 aliphatic rings. The van der Waals surface area contributed by atoms with E-state index in [4.69, 9.17) is 19.9 Å². The van der Waals surface area contributed by atoms with Crippen LogP contribution in [-0.2, 0) is 11.2 Å². The zero-order valence-electron chi connectivity index (χ0n) is 14.1. The van der Waals surface area contributed by atoms with Crippen LogP contribution in [0.3, 0.4) is 0 Å². The van der Waals surface area contributed by atoms with Gasteiger partial charge in [-0.3, -0.25) is 0 Å². The summed E-state index contributed by atoms with van der Waals surface area (Å²) in [4.78, 5) is 10.9. The third kappa shape index (κ3) is 3.76. The number of hydrogen-bond donors (Lipinski definition) is 1. The lowest BCUT2D eigenvalue weighted by Gasteiger charge is -2.28. The van der Waals surface area contributed by atoms with Crippen LogP contribution in [0.1, 0.15) is 12.1 Å². The summed E-state index contributed by atoms with van der Waals surface area (Å²) in [6, 6.07) is 9.76. The molecule has 2 aromatic rings. The first-order valence-corrected chi connectivity index (χ1v) is 8.62. The molecular formula is C18H22N4O3. The average molecular weight is 342 g/mol. The second-order valence-electron chi connectivity index (χ2n) is 6.21. The van der Waals surface area contributed by atoms with Gasteiger partial charge in [-0.15, -0.1) is 0 Å². The van der Waals surface area contributed by atoms with E-state index in [1.807, 2.05) is 30.3 Å². The quantitative estimate of drug-likeness (QED) is 0.905. The van der Waals surface area contributed by atoms with Crippen LogP contribution in [0.5, 0.6) is 11.5 Å². The second kappa shape index (κ2) is 7.14. The number of para-hydroxylation sites is 2. The predicted molar refractivity (Wildman–Crippen MR) is 94.2 cm³/mol. The summed E-state index contributed by atoms with van der Waals surface area (Å²) in [5.41, 5.74) is 6.83. The maximum atomic E-state index is 6.00. The van der Waals surface area contributed by atoms with Crippen LogP contribution >= 0.6 is 0 Å². The van der Waals surface area contributed by atoms with E-state index in [1.165, 1.54) is 0 Å². The van der Waals surface area contributed by atoms with E-state index in [9.17, 15) is 0 Å². The second-order valence-corrected chi connectivity index (χ2v) is 6.21. The normalized spacial score (nSPS) is 19.7. The molecule has 4 rings (SSSR count). The van der Waals surface area contributed by atoms with E-state index in [2.05, 4.69) is 14.9 Å². The van der Waals surface area contributed by atoms with Gasteiger partial charge in [-0.05, 0) is 25.0 Å². The number of nitrogen functional groups attached to an aromatic ring is 1. The first-order chi connectivity index (χ1) is 12.3. The molecule has 0 amide bonds.